The van der Waals surface area contributed by atoms with Gasteiger partial charge >= 0.3 is 0 Å². The van der Waals surface area contributed by atoms with Crippen LogP contribution in [0.1, 0.15) is 0 Å². The molecule has 0 spiro atoms. The van der Waals surface area contributed by atoms with Gasteiger partial charge in [0.15, 0.2) is 0 Å². The van der Waals surface area contributed by atoms with E-state index in [0.717, 1.165) is 22.6 Å². The van der Waals surface area contributed by atoms with Gasteiger partial charge in [-0.05, 0) is 18.2 Å². The van der Waals surface area contributed by atoms with Crippen molar-refractivity contribution >= 4 is 35.3 Å². The Bertz CT molecular complexity index is 434. The second-order valence-corrected chi connectivity index (χ2v) is 4.41. The van der Waals surface area contributed by atoms with E-state index in [0.29, 0.717) is 5.75 Å². The van der Waals surface area contributed by atoms with Crippen molar-refractivity contribution in [1.29, 1.82) is 0 Å². The van der Waals surface area contributed by atoms with Crippen molar-refractivity contribution < 1.29 is 9.59 Å². The summed E-state index contributed by atoms with van der Waals surface area (Å²) in [5.41, 5.74) is 1.75. The van der Waals surface area contributed by atoms with Crippen LogP contribution < -0.4 is 10.2 Å². The van der Waals surface area contributed by atoms with Gasteiger partial charge in [-0.2, -0.15) is 0 Å². The highest BCUT2D eigenvalue weighted by Gasteiger charge is 2.24. The summed E-state index contributed by atoms with van der Waals surface area (Å²) < 4.78 is 0. The summed E-state index contributed by atoms with van der Waals surface area (Å²) in [6.07, 6.45) is 0.754. The standard InChI is InChI=1S/C11H12N2O2S/c1-12-8-2-3-10-9(6-8)13(4-5-14)11(15)7-16-10/h2-3,5-6,12H,4,7H2,1H3. The van der Waals surface area contributed by atoms with Crippen LogP contribution in [0.2, 0.25) is 0 Å². The van der Waals surface area contributed by atoms with E-state index in [1.54, 1.807) is 0 Å². The molecule has 5 heteroatoms. The summed E-state index contributed by atoms with van der Waals surface area (Å²) in [5.74, 6) is 0.387. The number of thioether (sulfide) groups is 1. The summed E-state index contributed by atoms with van der Waals surface area (Å²) in [7, 11) is 1.82. The predicted octanol–water partition coefficient (Wildman–Crippen LogP) is 1.37. The smallest absolute Gasteiger partial charge is 0.237 e. The van der Waals surface area contributed by atoms with Crippen LogP contribution in [-0.2, 0) is 9.59 Å². The third-order valence-electron chi connectivity index (χ3n) is 2.45. The van der Waals surface area contributed by atoms with Gasteiger partial charge in [0.1, 0.15) is 6.29 Å². The Hall–Kier alpha value is -1.49. The SMILES string of the molecule is CNc1ccc2c(c1)N(CC=O)C(=O)CS2. The topological polar surface area (TPSA) is 49.4 Å². The zero-order valence-electron chi connectivity index (χ0n) is 8.90. The first-order valence-electron chi connectivity index (χ1n) is 4.95. The molecule has 1 heterocycles. The third-order valence-corrected chi connectivity index (χ3v) is 3.50. The maximum atomic E-state index is 11.7. The summed E-state index contributed by atoms with van der Waals surface area (Å²) in [4.78, 5) is 24.8. The van der Waals surface area contributed by atoms with Gasteiger partial charge in [0, 0.05) is 17.6 Å². The third kappa shape index (κ3) is 1.90. The molecule has 1 amide bonds. The number of nitrogens with one attached hydrogen (secondary N) is 1. The summed E-state index contributed by atoms with van der Waals surface area (Å²) in [6, 6.07) is 5.82. The molecule has 1 aromatic rings. The van der Waals surface area contributed by atoms with Gasteiger partial charge in [-0.25, -0.2) is 0 Å². The molecular weight excluding hydrogens is 224 g/mol. The Morgan fingerprint density at radius 2 is 2.38 bits per heavy atom. The van der Waals surface area contributed by atoms with Crippen molar-refractivity contribution in [1.82, 2.24) is 0 Å². The lowest BCUT2D eigenvalue weighted by Gasteiger charge is -2.27. The van der Waals surface area contributed by atoms with Crippen LogP contribution >= 0.6 is 11.8 Å². The van der Waals surface area contributed by atoms with E-state index >= 15 is 0 Å². The van der Waals surface area contributed by atoms with E-state index in [1.165, 1.54) is 16.7 Å². The normalized spacial score (nSPS) is 14.6. The Morgan fingerprint density at radius 3 is 3.06 bits per heavy atom. The fraction of sp³-hybridized carbons (Fsp3) is 0.273. The number of aldehydes is 1. The lowest BCUT2D eigenvalue weighted by atomic mass is 10.2. The first-order chi connectivity index (χ1) is 7.76. The molecule has 0 aliphatic carbocycles. The lowest BCUT2D eigenvalue weighted by Crippen LogP contribution is -2.36. The number of carbonyl (C=O) groups excluding carboxylic acids is 2. The highest BCUT2D eigenvalue weighted by atomic mass is 32.2. The van der Waals surface area contributed by atoms with E-state index in [4.69, 9.17) is 0 Å². The van der Waals surface area contributed by atoms with E-state index in [2.05, 4.69) is 5.32 Å². The summed E-state index contributed by atoms with van der Waals surface area (Å²) >= 11 is 1.51. The van der Waals surface area contributed by atoms with Crippen LogP contribution in [-0.4, -0.2) is 31.5 Å². The molecule has 0 unspecified atom stereocenters. The lowest BCUT2D eigenvalue weighted by molar-refractivity contribution is -0.117. The van der Waals surface area contributed by atoms with Gasteiger partial charge in [0.25, 0.3) is 0 Å². The molecular formula is C11H12N2O2S. The molecule has 1 aliphatic heterocycles. The minimum Gasteiger partial charge on any atom is -0.388 e. The quantitative estimate of drug-likeness (QED) is 0.805. The number of fused-ring (bicyclic) bond motifs is 1. The molecule has 0 atom stereocenters. The Kier molecular flexibility index (Phi) is 3.14. The van der Waals surface area contributed by atoms with E-state index < -0.39 is 0 Å². The number of hydrogen-bond donors (Lipinski definition) is 1. The summed E-state index contributed by atoms with van der Waals surface area (Å²) in [6.45, 7) is 0.125. The minimum atomic E-state index is -0.0159. The second kappa shape index (κ2) is 4.57. The van der Waals surface area contributed by atoms with Gasteiger partial charge in [-0.1, -0.05) is 0 Å². The molecule has 2 rings (SSSR count). The van der Waals surface area contributed by atoms with Crippen LogP contribution in [0.15, 0.2) is 23.1 Å². The van der Waals surface area contributed by atoms with Crippen LogP contribution in [0, 0.1) is 0 Å². The van der Waals surface area contributed by atoms with Gasteiger partial charge < -0.3 is 15.0 Å². The van der Waals surface area contributed by atoms with Crippen molar-refractivity contribution in [3.8, 4) is 0 Å². The van der Waals surface area contributed by atoms with Crippen LogP contribution in [0.5, 0.6) is 0 Å². The maximum Gasteiger partial charge on any atom is 0.237 e. The molecule has 16 heavy (non-hydrogen) atoms. The molecule has 0 radical (unpaired) electrons. The zero-order chi connectivity index (χ0) is 11.5. The van der Waals surface area contributed by atoms with E-state index in [9.17, 15) is 9.59 Å². The van der Waals surface area contributed by atoms with Gasteiger partial charge in [-0.3, -0.25) is 4.79 Å². The molecule has 0 saturated carbocycles. The number of amides is 1. The van der Waals surface area contributed by atoms with E-state index in [1.807, 2.05) is 25.2 Å². The molecule has 0 bridgehead atoms. The average Bonchev–Trinajstić information content (AvgIpc) is 2.32. The zero-order valence-corrected chi connectivity index (χ0v) is 9.71. The number of benzene rings is 1. The first kappa shape index (κ1) is 11.0. The number of carbonyl (C=O) groups is 2. The predicted molar refractivity (Wildman–Crippen MR) is 65.1 cm³/mol. The molecule has 4 nitrogen and oxygen atoms in total. The van der Waals surface area contributed by atoms with Crippen molar-refractivity contribution in [3.05, 3.63) is 18.2 Å². The highest BCUT2D eigenvalue weighted by molar-refractivity contribution is 8.00. The monoisotopic (exact) mass is 236 g/mol. The average molecular weight is 236 g/mol. The number of hydrogen-bond acceptors (Lipinski definition) is 4. The van der Waals surface area contributed by atoms with E-state index in [-0.39, 0.29) is 12.5 Å². The number of nitrogens with zero attached hydrogens (tertiary/aromatic N) is 1. The van der Waals surface area contributed by atoms with Gasteiger partial charge in [-0.15, -0.1) is 11.8 Å². The molecule has 1 aliphatic rings. The highest BCUT2D eigenvalue weighted by Crippen LogP contribution is 2.36. The largest absolute Gasteiger partial charge is 0.388 e. The number of anilines is 2. The number of rotatable bonds is 3. The summed E-state index contributed by atoms with van der Waals surface area (Å²) in [5, 5.41) is 3.02. The van der Waals surface area contributed by atoms with Crippen molar-refractivity contribution in [2.24, 2.45) is 0 Å². The van der Waals surface area contributed by atoms with Crippen LogP contribution in [0.4, 0.5) is 11.4 Å². The Morgan fingerprint density at radius 1 is 1.56 bits per heavy atom. The molecule has 0 saturated heterocycles. The minimum absolute atomic E-state index is 0.0159. The van der Waals surface area contributed by atoms with Crippen molar-refractivity contribution in [3.63, 3.8) is 0 Å². The van der Waals surface area contributed by atoms with Crippen LogP contribution in [0.25, 0.3) is 0 Å². The Labute approximate surface area is 98.0 Å². The fourth-order valence-corrected chi connectivity index (χ4v) is 2.55. The maximum absolute atomic E-state index is 11.7. The molecule has 1 aromatic carbocycles. The fourth-order valence-electron chi connectivity index (χ4n) is 1.63. The molecule has 0 aromatic heterocycles. The van der Waals surface area contributed by atoms with Gasteiger partial charge in [0.05, 0.1) is 18.0 Å². The van der Waals surface area contributed by atoms with Crippen molar-refractivity contribution in [2.45, 2.75) is 4.90 Å². The van der Waals surface area contributed by atoms with Crippen molar-refractivity contribution in [2.75, 3.05) is 29.6 Å². The molecule has 1 N–H and O–H groups in total. The molecule has 84 valence electrons. The van der Waals surface area contributed by atoms with Crippen LogP contribution in [0.3, 0.4) is 0 Å². The Balaban J connectivity index is 2.43. The molecule has 0 fully saturated rings. The second-order valence-electron chi connectivity index (χ2n) is 3.39. The van der Waals surface area contributed by atoms with Gasteiger partial charge in [0.2, 0.25) is 5.91 Å². The first-order valence-corrected chi connectivity index (χ1v) is 5.93.